The third-order valence-electron chi connectivity index (χ3n) is 2.44. The van der Waals surface area contributed by atoms with Crippen LogP contribution in [0.2, 0.25) is 0 Å². The molecule has 1 aliphatic rings. The van der Waals surface area contributed by atoms with Crippen LogP contribution in [0.5, 0.6) is 0 Å². The van der Waals surface area contributed by atoms with E-state index in [2.05, 4.69) is 6.92 Å². The first-order chi connectivity index (χ1) is 5.38. The van der Waals surface area contributed by atoms with Crippen LogP contribution in [-0.2, 0) is 4.74 Å². The Kier molecular flexibility index (Phi) is 3.92. The van der Waals surface area contributed by atoms with E-state index in [4.69, 9.17) is 4.74 Å². The summed E-state index contributed by atoms with van der Waals surface area (Å²) in [7, 11) is 1.84. The second-order valence-electron chi connectivity index (χ2n) is 3.46. The van der Waals surface area contributed by atoms with Crippen molar-refractivity contribution in [3.8, 4) is 0 Å². The lowest BCUT2D eigenvalue weighted by Gasteiger charge is -2.13. The Hall–Kier alpha value is -0.0400. The highest BCUT2D eigenvalue weighted by Crippen LogP contribution is 2.36. The SMILES string of the molecule is [CH2]CCCCC(OC)C1CC1. The molecule has 0 N–H and O–H groups in total. The molecule has 11 heavy (non-hydrogen) atoms. The normalized spacial score (nSPS) is 20.2. The van der Waals surface area contributed by atoms with Gasteiger partial charge in [-0.1, -0.05) is 26.2 Å². The van der Waals surface area contributed by atoms with E-state index in [1.54, 1.807) is 0 Å². The van der Waals surface area contributed by atoms with Crippen molar-refractivity contribution in [3.63, 3.8) is 0 Å². The summed E-state index contributed by atoms with van der Waals surface area (Å²) >= 11 is 0. The molecule has 1 atom stereocenters. The zero-order chi connectivity index (χ0) is 8.10. The molecule has 0 amide bonds. The van der Waals surface area contributed by atoms with Crippen LogP contribution in [0.1, 0.15) is 38.5 Å². The fourth-order valence-electron chi connectivity index (χ4n) is 1.54. The predicted octanol–water partition coefficient (Wildman–Crippen LogP) is 2.81. The van der Waals surface area contributed by atoms with Crippen LogP contribution in [0, 0.1) is 12.8 Å². The van der Waals surface area contributed by atoms with Gasteiger partial charge in [-0.3, -0.25) is 0 Å². The Morgan fingerprint density at radius 3 is 2.64 bits per heavy atom. The summed E-state index contributed by atoms with van der Waals surface area (Å²) in [6.45, 7) is 3.83. The molecule has 1 aliphatic carbocycles. The van der Waals surface area contributed by atoms with Crippen LogP contribution in [0.3, 0.4) is 0 Å². The molecule has 0 aliphatic heterocycles. The molecule has 0 heterocycles. The molecule has 0 aromatic rings. The van der Waals surface area contributed by atoms with Crippen LogP contribution < -0.4 is 0 Å². The third-order valence-corrected chi connectivity index (χ3v) is 2.44. The molecule has 1 fully saturated rings. The molecule has 0 bridgehead atoms. The lowest BCUT2D eigenvalue weighted by molar-refractivity contribution is 0.0751. The third kappa shape index (κ3) is 3.24. The molecule has 0 aromatic heterocycles. The largest absolute Gasteiger partial charge is 0.381 e. The average molecular weight is 155 g/mol. The van der Waals surface area contributed by atoms with Gasteiger partial charge >= 0.3 is 0 Å². The second-order valence-corrected chi connectivity index (χ2v) is 3.46. The second kappa shape index (κ2) is 4.76. The van der Waals surface area contributed by atoms with Gasteiger partial charge < -0.3 is 4.74 Å². The van der Waals surface area contributed by atoms with Crippen molar-refractivity contribution in [2.75, 3.05) is 7.11 Å². The molecule has 1 nitrogen and oxygen atoms in total. The van der Waals surface area contributed by atoms with E-state index in [0.29, 0.717) is 6.10 Å². The van der Waals surface area contributed by atoms with Gasteiger partial charge in [0.1, 0.15) is 0 Å². The first-order valence-corrected chi connectivity index (χ1v) is 4.70. The van der Waals surface area contributed by atoms with E-state index >= 15 is 0 Å². The van der Waals surface area contributed by atoms with E-state index in [1.807, 2.05) is 7.11 Å². The summed E-state index contributed by atoms with van der Waals surface area (Å²) in [5, 5.41) is 0. The number of unbranched alkanes of at least 4 members (excludes halogenated alkanes) is 2. The Morgan fingerprint density at radius 1 is 1.45 bits per heavy atom. The van der Waals surface area contributed by atoms with E-state index in [1.165, 1.54) is 32.1 Å². The molecule has 0 spiro atoms. The molecule has 1 unspecified atom stereocenters. The van der Waals surface area contributed by atoms with Crippen molar-refractivity contribution < 1.29 is 4.74 Å². The van der Waals surface area contributed by atoms with Gasteiger partial charge in [-0.05, 0) is 25.2 Å². The van der Waals surface area contributed by atoms with Crippen molar-refractivity contribution in [2.45, 2.75) is 44.6 Å². The maximum absolute atomic E-state index is 5.40. The van der Waals surface area contributed by atoms with Crippen LogP contribution in [-0.4, -0.2) is 13.2 Å². The Morgan fingerprint density at radius 2 is 2.18 bits per heavy atom. The fourth-order valence-corrected chi connectivity index (χ4v) is 1.54. The van der Waals surface area contributed by atoms with Crippen LogP contribution in [0.4, 0.5) is 0 Å². The molecule has 1 rings (SSSR count). The van der Waals surface area contributed by atoms with Crippen molar-refractivity contribution in [1.82, 2.24) is 0 Å². The van der Waals surface area contributed by atoms with Crippen LogP contribution in [0.15, 0.2) is 0 Å². The van der Waals surface area contributed by atoms with Gasteiger partial charge in [0.15, 0.2) is 0 Å². The zero-order valence-electron chi connectivity index (χ0n) is 7.51. The molecular weight excluding hydrogens is 136 g/mol. The Bertz CT molecular complexity index is 97.0. The minimum atomic E-state index is 0.557. The quantitative estimate of drug-likeness (QED) is 0.536. The highest BCUT2D eigenvalue weighted by molar-refractivity contribution is 4.81. The summed E-state index contributed by atoms with van der Waals surface area (Å²) in [5.74, 6) is 0.893. The van der Waals surface area contributed by atoms with Crippen molar-refractivity contribution in [2.24, 2.45) is 5.92 Å². The standard InChI is InChI=1S/C10H19O/c1-3-4-5-6-10(11-2)9-7-8-9/h9-10H,1,3-8H2,2H3. The van der Waals surface area contributed by atoms with Gasteiger partial charge in [0.25, 0.3) is 0 Å². The van der Waals surface area contributed by atoms with Crippen LogP contribution in [0.25, 0.3) is 0 Å². The number of methoxy groups -OCH3 is 1. The minimum Gasteiger partial charge on any atom is -0.381 e. The van der Waals surface area contributed by atoms with Gasteiger partial charge in [-0.2, -0.15) is 0 Å². The lowest BCUT2D eigenvalue weighted by atomic mass is 10.1. The van der Waals surface area contributed by atoms with Gasteiger partial charge in [0.05, 0.1) is 6.10 Å². The zero-order valence-corrected chi connectivity index (χ0v) is 7.51. The van der Waals surface area contributed by atoms with E-state index < -0.39 is 0 Å². The maximum atomic E-state index is 5.40. The highest BCUT2D eigenvalue weighted by atomic mass is 16.5. The first kappa shape index (κ1) is 9.05. The summed E-state index contributed by atoms with van der Waals surface area (Å²) in [6, 6.07) is 0. The van der Waals surface area contributed by atoms with E-state index in [-0.39, 0.29) is 0 Å². The van der Waals surface area contributed by atoms with Crippen LogP contribution >= 0.6 is 0 Å². The molecule has 1 radical (unpaired) electrons. The monoisotopic (exact) mass is 155 g/mol. The highest BCUT2D eigenvalue weighted by Gasteiger charge is 2.30. The number of rotatable bonds is 6. The fraction of sp³-hybridized carbons (Fsp3) is 0.900. The Labute approximate surface area is 70.1 Å². The minimum absolute atomic E-state index is 0.557. The molecule has 65 valence electrons. The van der Waals surface area contributed by atoms with E-state index in [0.717, 1.165) is 12.3 Å². The smallest absolute Gasteiger partial charge is 0.0599 e. The predicted molar refractivity (Wildman–Crippen MR) is 47.3 cm³/mol. The van der Waals surface area contributed by atoms with Gasteiger partial charge in [0.2, 0.25) is 0 Å². The number of hydrogen-bond acceptors (Lipinski definition) is 1. The molecular formula is C10H19O. The summed E-state index contributed by atoms with van der Waals surface area (Å²) in [5.41, 5.74) is 0. The van der Waals surface area contributed by atoms with Crippen molar-refractivity contribution in [3.05, 3.63) is 6.92 Å². The lowest BCUT2D eigenvalue weighted by Crippen LogP contribution is -2.12. The summed E-state index contributed by atoms with van der Waals surface area (Å²) in [4.78, 5) is 0. The van der Waals surface area contributed by atoms with E-state index in [9.17, 15) is 0 Å². The maximum Gasteiger partial charge on any atom is 0.0599 e. The topological polar surface area (TPSA) is 9.23 Å². The molecule has 0 aromatic carbocycles. The van der Waals surface area contributed by atoms with Gasteiger partial charge in [-0.15, -0.1) is 0 Å². The van der Waals surface area contributed by atoms with Gasteiger partial charge in [-0.25, -0.2) is 0 Å². The molecule has 1 heteroatoms. The first-order valence-electron chi connectivity index (χ1n) is 4.70. The Balaban J connectivity index is 2.01. The van der Waals surface area contributed by atoms with Gasteiger partial charge in [0, 0.05) is 7.11 Å². The summed E-state index contributed by atoms with van der Waals surface area (Å²) < 4.78 is 5.40. The number of ether oxygens (including phenoxy) is 1. The molecule has 0 saturated heterocycles. The van der Waals surface area contributed by atoms with Crippen molar-refractivity contribution in [1.29, 1.82) is 0 Å². The molecule has 1 saturated carbocycles. The summed E-state index contributed by atoms with van der Waals surface area (Å²) in [6.07, 6.45) is 8.20. The average Bonchev–Trinajstić information content (AvgIpc) is 2.81. The number of hydrogen-bond donors (Lipinski definition) is 0. The van der Waals surface area contributed by atoms with Crippen molar-refractivity contribution >= 4 is 0 Å².